The Morgan fingerprint density at radius 1 is 1.00 bits per heavy atom. The van der Waals surface area contributed by atoms with E-state index in [4.69, 9.17) is 18.9 Å². The van der Waals surface area contributed by atoms with Crippen molar-refractivity contribution in [3.05, 3.63) is 71.8 Å². The van der Waals surface area contributed by atoms with Crippen LogP contribution >= 0.6 is 0 Å². The summed E-state index contributed by atoms with van der Waals surface area (Å²) in [6.07, 6.45) is -0.593. The van der Waals surface area contributed by atoms with Gasteiger partial charge in [-0.2, -0.15) is 0 Å². The second-order valence-corrected chi connectivity index (χ2v) is 7.78. The van der Waals surface area contributed by atoms with Gasteiger partial charge in [-0.25, -0.2) is 9.69 Å². The van der Waals surface area contributed by atoms with Crippen LogP contribution in [0.25, 0.3) is 0 Å². The van der Waals surface area contributed by atoms with Crippen LogP contribution in [0.5, 0.6) is 0 Å². The number of carbonyl (C=O) groups is 3. The molecule has 0 N–H and O–H groups in total. The summed E-state index contributed by atoms with van der Waals surface area (Å²) in [7, 11) is 1.27. The standard InChI is InChI=1S/C24H25NO7/c1-29-22(27)19-14-24(31-15-17-8-4-2-5-9-17,32-16-18-10-6-3-7-11-18)20(19)21(26)25-12-13-30-23(25)28/h2-11,19-20H,12-16H2,1H3. The lowest BCUT2D eigenvalue weighted by molar-refractivity contribution is -0.331. The Morgan fingerprint density at radius 3 is 2.03 bits per heavy atom. The normalized spacial score (nSPS) is 21.5. The molecule has 1 heterocycles. The Morgan fingerprint density at radius 2 is 1.56 bits per heavy atom. The summed E-state index contributed by atoms with van der Waals surface area (Å²) in [6.45, 7) is 0.591. The molecule has 2 atom stereocenters. The van der Waals surface area contributed by atoms with Crippen molar-refractivity contribution in [2.75, 3.05) is 20.3 Å². The van der Waals surface area contributed by atoms with Gasteiger partial charge in [-0.1, -0.05) is 60.7 Å². The molecule has 1 saturated heterocycles. The van der Waals surface area contributed by atoms with Crippen LogP contribution in [-0.4, -0.2) is 48.9 Å². The minimum Gasteiger partial charge on any atom is -0.469 e. The van der Waals surface area contributed by atoms with E-state index in [9.17, 15) is 14.4 Å². The van der Waals surface area contributed by atoms with Gasteiger partial charge in [0.25, 0.3) is 0 Å². The van der Waals surface area contributed by atoms with E-state index < -0.39 is 35.6 Å². The van der Waals surface area contributed by atoms with Crippen molar-refractivity contribution in [3.8, 4) is 0 Å². The number of nitrogens with zero attached hydrogens (tertiary/aromatic N) is 1. The second kappa shape index (κ2) is 9.50. The number of hydrogen-bond donors (Lipinski definition) is 0. The van der Waals surface area contributed by atoms with Crippen LogP contribution in [0.4, 0.5) is 4.79 Å². The lowest BCUT2D eigenvalue weighted by Crippen LogP contribution is -2.65. The van der Waals surface area contributed by atoms with Crippen LogP contribution in [-0.2, 0) is 41.8 Å². The van der Waals surface area contributed by atoms with E-state index in [0.717, 1.165) is 16.0 Å². The van der Waals surface area contributed by atoms with Gasteiger partial charge < -0.3 is 18.9 Å². The maximum atomic E-state index is 13.4. The molecule has 0 radical (unpaired) electrons. The molecular weight excluding hydrogens is 414 g/mol. The topological polar surface area (TPSA) is 91.4 Å². The maximum absolute atomic E-state index is 13.4. The van der Waals surface area contributed by atoms with Gasteiger partial charge >= 0.3 is 12.1 Å². The van der Waals surface area contributed by atoms with Gasteiger partial charge in [-0.3, -0.25) is 9.59 Å². The summed E-state index contributed by atoms with van der Waals surface area (Å²) in [5.74, 6) is -4.31. The Kier molecular flexibility index (Phi) is 6.53. The highest BCUT2D eigenvalue weighted by molar-refractivity contribution is 5.97. The van der Waals surface area contributed by atoms with Crippen LogP contribution < -0.4 is 0 Å². The molecule has 0 spiro atoms. The van der Waals surface area contributed by atoms with Crippen molar-refractivity contribution in [1.29, 1.82) is 0 Å². The molecule has 8 heteroatoms. The zero-order chi connectivity index (χ0) is 22.6. The van der Waals surface area contributed by atoms with Crippen molar-refractivity contribution < 1.29 is 33.3 Å². The summed E-state index contributed by atoms with van der Waals surface area (Å²) in [5, 5.41) is 0. The largest absolute Gasteiger partial charge is 0.469 e. The number of imide groups is 1. The predicted molar refractivity (Wildman–Crippen MR) is 112 cm³/mol. The highest BCUT2D eigenvalue weighted by atomic mass is 16.7. The minimum atomic E-state index is -1.38. The van der Waals surface area contributed by atoms with Gasteiger partial charge in [0.05, 0.1) is 32.8 Å². The average Bonchev–Trinajstić information content (AvgIpc) is 3.25. The van der Waals surface area contributed by atoms with Crippen LogP contribution in [0, 0.1) is 11.8 Å². The monoisotopic (exact) mass is 439 g/mol. The summed E-state index contributed by atoms with van der Waals surface area (Å²) in [6, 6.07) is 18.9. The molecule has 1 saturated carbocycles. The van der Waals surface area contributed by atoms with Crippen molar-refractivity contribution in [2.45, 2.75) is 25.4 Å². The molecule has 0 aromatic heterocycles. The number of amides is 2. The maximum Gasteiger partial charge on any atom is 0.416 e. The number of ether oxygens (including phenoxy) is 4. The third-order valence-corrected chi connectivity index (χ3v) is 5.83. The number of hydrogen-bond acceptors (Lipinski definition) is 7. The van der Waals surface area contributed by atoms with Crippen LogP contribution in [0.15, 0.2) is 60.7 Å². The first-order valence-corrected chi connectivity index (χ1v) is 10.5. The van der Waals surface area contributed by atoms with Gasteiger partial charge in [-0.15, -0.1) is 0 Å². The first-order valence-electron chi connectivity index (χ1n) is 10.5. The fourth-order valence-corrected chi connectivity index (χ4v) is 4.09. The van der Waals surface area contributed by atoms with E-state index in [0.29, 0.717) is 0 Å². The first-order chi connectivity index (χ1) is 15.5. The van der Waals surface area contributed by atoms with Gasteiger partial charge in [-0.05, 0) is 11.1 Å². The quantitative estimate of drug-likeness (QED) is 0.461. The number of esters is 1. The van der Waals surface area contributed by atoms with E-state index in [-0.39, 0.29) is 32.8 Å². The first kappa shape index (κ1) is 22.0. The Balaban J connectivity index is 1.62. The molecule has 2 aromatic rings. The molecule has 4 rings (SSSR count). The highest BCUT2D eigenvalue weighted by Crippen LogP contribution is 2.50. The summed E-state index contributed by atoms with van der Waals surface area (Å²) < 4.78 is 22.2. The molecule has 2 aromatic carbocycles. The summed E-state index contributed by atoms with van der Waals surface area (Å²) in [5.41, 5.74) is 1.78. The van der Waals surface area contributed by atoms with E-state index in [1.54, 1.807) is 0 Å². The third-order valence-electron chi connectivity index (χ3n) is 5.83. The van der Waals surface area contributed by atoms with Crippen molar-refractivity contribution in [3.63, 3.8) is 0 Å². The number of rotatable bonds is 8. The molecule has 32 heavy (non-hydrogen) atoms. The number of methoxy groups -OCH3 is 1. The molecule has 2 amide bonds. The van der Waals surface area contributed by atoms with E-state index in [1.165, 1.54) is 7.11 Å². The zero-order valence-electron chi connectivity index (χ0n) is 17.8. The fourth-order valence-electron chi connectivity index (χ4n) is 4.09. The SMILES string of the molecule is COC(=O)C1CC(OCc2ccccc2)(OCc2ccccc2)C1C(=O)N1CCOC1=O. The van der Waals surface area contributed by atoms with Crippen LogP contribution in [0.1, 0.15) is 17.5 Å². The Bertz CT molecular complexity index is 919. The number of benzene rings is 2. The molecule has 168 valence electrons. The van der Waals surface area contributed by atoms with E-state index in [1.807, 2.05) is 60.7 Å². The van der Waals surface area contributed by atoms with Crippen molar-refractivity contribution in [1.82, 2.24) is 4.90 Å². The Hall–Kier alpha value is -3.23. The Labute approximate surface area is 186 Å². The van der Waals surface area contributed by atoms with Gasteiger partial charge in [0.15, 0.2) is 5.79 Å². The average molecular weight is 439 g/mol. The molecule has 2 aliphatic rings. The van der Waals surface area contributed by atoms with Crippen molar-refractivity contribution in [2.24, 2.45) is 11.8 Å². The lowest BCUT2D eigenvalue weighted by atomic mass is 9.66. The van der Waals surface area contributed by atoms with Gasteiger partial charge in [0.1, 0.15) is 12.5 Å². The molecule has 2 unspecified atom stereocenters. The fraction of sp³-hybridized carbons (Fsp3) is 0.375. The number of carbonyl (C=O) groups excluding carboxylic acids is 3. The molecular formula is C24H25NO7. The molecule has 8 nitrogen and oxygen atoms in total. The molecule has 1 aliphatic carbocycles. The van der Waals surface area contributed by atoms with E-state index in [2.05, 4.69) is 0 Å². The molecule has 0 bridgehead atoms. The second-order valence-electron chi connectivity index (χ2n) is 7.78. The summed E-state index contributed by atoms with van der Waals surface area (Å²) in [4.78, 5) is 38.9. The van der Waals surface area contributed by atoms with Gasteiger partial charge in [0.2, 0.25) is 5.91 Å². The highest BCUT2D eigenvalue weighted by Gasteiger charge is 2.64. The number of cyclic esters (lactones) is 1. The lowest BCUT2D eigenvalue weighted by Gasteiger charge is -2.51. The van der Waals surface area contributed by atoms with Crippen LogP contribution in [0.3, 0.4) is 0 Å². The molecule has 1 aliphatic heterocycles. The van der Waals surface area contributed by atoms with Crippen molar-refractivity contribution >= 4 is 18.0 Å². The third kappa shape index (κ3) is 4.37. The van der Waals surface area contributed by atoms with E-state index >= 15 is 0 Å². The minimum absolute atomic E-state index is 0.114. The predicted octanol–water partition coefficient (Wildman–Crippen LogP) is 2.90. The van der Waals surface area contributed by atoms with Crippen LogP contribution in [0.2, 0.25) is 0 Å². The van der Waals surface area contributed by atoms with Gasteiger partial charge in [0, 0.05) is 6.42 Å². The summed E-state index contributed by atoms with van der Waals surface area (Å²) >= 11 is 0. The zero-order valence-corrected chi connectivity index (χ0v) is 17.8. The smallest absolute Gasteiger partial charge is 0.416 e. The molecule has 2 fully saturated rings.